The first-order chi connectivity index (χ1) is 16.9. The normalized spacial score (nSPS) is 11.3. The van der Waals surface area contributed by atoms with E-state index < -0.39 is 18.0 Å². The Hall–Kier alpha value is -4.19. The van der Waals surface area contributed by atoms with E-state index >= 15 is 0 Å². The fourth-order valence-corrected chi connectivity index (χ4v) is 4.37. The summed E-state index contributed by atoms with van der Waals surface area (Å²) in [7, 11) is 1.52. The highest BCUT2D eigenvalue weighted by molar-refractivity contribution is 7.15. The Labute approximate surface area is 202 Å². The molecule has 0 spiro atoms. The van der Waals surface area contributed by atoms with Gasteiger partial charge in [0, 0.05) is 36.1 Å². The Bertz CT molecular complexity index is 1510. The summed E-state index contributed by atoms with van der Waals surface area (Å²) < 4.78 is 34.9. The van der Waals surface area contributed by atoms with E-state index in [1.54, 1.807) is 46.5 Å². The maximum atomic E-state index is 13.6. The van der Waals surface area contributed by atoms with Gasteiger partial charge in [-0.2, -0.15) is 0 Å². The topological polar surface area (TPSA) is 99.2 Å². The summed E-state index contributed by atoms with van der Waals surface area (Å²) in [4.78, 5) is 23.8. The lowest BCUT2D eigenvalue weighted by molar-refractivity contribution is 0.0950. The van der Waals surface area contributed by atoms with Crippen LogP contribution in [0.25, 0.3) is 21.9 Å². The van der Waals surface area contributed by atoms with E-state index in [0.717, 1.165) is 26.2 Å². The van der Waals surface area contributed by atoms with Gasteiger partial charge >= 0.3 is 0 Å². The van der Waals surface area contributed by atoms with Crippen molar-refractivity contribution >= 4 is 22.9 Å². The van der Waals surface area contributed by atoms with Gasteiger partial charge in [-0.15, -0.1) is 16.4 Å². The second-order valence-corrected chi connectivity index (χ2v) is 8.93. The summed E-state index contributed by atoms with van der Waals surface area (Å²) in [6.07, 6.45) is 3.16. The third-order valence-corrected chi connectivity index (χ3v) is 6.30. The standard InChI is InChI=1S/C23H19F2N7O2S/c1-13-3-5-19(35-13)16-12-31-11-15(23(33)27-9-14-4-6-20(34-2)26-8-14)7-17(22(31)29-16)32-18(21(24)25)10-28-30-32/h3-8,10-12,21H,9H2,1-2H3,(H,27,33). The first-order valence-corrected chi connectivity index (χ1v) is 11.3. The quantitative estimate of drug-likeness (QED) is 0.363. The maximum absolute atomic E-state index is 13.6. The van der Waals surface area contributed by atoms with Crippen LogP contribution in [0.5, 0.6) is 5.88 Å². The highest BCUT2D eigenvalue weighted by Crippen LogP contribution is 2.30. The number of pyridine rings is 2. The van der Waals surface area contributed by atoms with Crippen molar-refractivity contribution in [2.75, 3.05) is 7.11 Å². The maximum Gasteiger partial charge on any atom is 0.282 e. The van der Waals surface area contributed by atoms with E-state index in [9.17, 15) is 13.6 Å². The highest BCUT2D eigenvalue weighted by atomic mass is 32.1. The van der Waals surface area contributed by atoms with Crippen LogP contribution in [0.2, 0.25) is 0 Å². The molecule has 1 amide bonds. The molecule has 5 heterocycles. The minimum absolute atomic E-state index is 0.219. The van der Waals surface area contributed by atoms with Gasteiger partial charge in [0.2, 0.25) is 5.88 Å². The average Bonchev–Trinajstić information content (AvgIpc) is 3.61. The van der Waals surface area contributed by atoms with Gasteiger partial charge in [0.25, 0.3) is 12.3 Å². The Balaban J connectivity index is 1.54. The number of aryl methyl sites for hydroxylation is 1. The van der Waals surface area contributed by atoms with Crippen molar-refractivity contribution in [1.82, 2.24) is 34.7 Å². The summed E-state index contributed by atoms with van der Waals surface area (Å²) in [6, 6.07) is 8.88. The van der Waals surface area contributed by atoms with Gasteiger partial charge in [0.1, 0.15) is 11.4 Å². The molecule has 0 bridgehead atoms. The zero-order valence-electron chi connectivity index (χ0n) is 18.6. The Morgan fingerprint density at radius 1 is 1.20 bits per heavy atom. The van der Waals surface area contributed by atoms with Crippen molar-refractivity contribution in [3.63, 3.8) is 0 Å². The minimum Gasteiger partial charge on any atom is -0.481 e. The molecular weight excluding hydrogens is 476 g/mol. The fraction of sp³-hybridized carbons (Fsp3) is 0.174. The molecule has 5 rings (SSSR count). The molecule has 0 aliphatic carbocycles. The third kappa shape index (κ3) is 4.47. The first-order valence-electron chi connectivity index (χ1n) is 10.5. The second kappa shape index (κ2) is 9.22. The lowest BCUT2D eigenvalue weighted by Crippen LogP contribution is -2.23. The molecule has 0 unspecified atom stereocenters. The molecule has 9 nitrogen and oxygen atoms in total. The number of nitrogens with one attached hydrogen (secondary N) is 1. The molecule has 12 heteroatoms. The van der Waals surface area contributed by atoms with Crippen molar-refractivity contribution in [3.8, 4) is 22.1 Å². The summed E-state index contributed by atoms with van der Waals surface area (Å²) in [5.41, 5.74) is 1.87. The Morgan fingerprint density at radius 2 is 2.06 bits per heavy atom. The molecule has 0 aliphatic heterocycles. The third-order valence-electron chi connectivity index (χ3n) is 5.27. The number of carbonyl (C=O) groups is 1. The number of carbonyl (C=O) groups excluding carboxylic acids is 1. The number of ether oxygens (including phenoxy) is 1. The molecule has 0 aromatic carbocycles. The fourth-order valence-electron chi connectivity index (χ4n) is 3.55. The lowest BCUT2D eigenvalue weighted by Gasteiger charge is -2.11. The summed E-state index contributed by atoms with van der Waals surface area (Å²) in [5.74, 6) is 0.0691. The van der Waals surface area contributed by atoms with Crippen LogP contribution in [-0.2, 0) is 6.54 Å². The molecule has 178 valence electrons. The molecule has 0 radical (unpaired) electrons. The van der Waals surface area contributed by atoms with E-state index in [0.29, 0.717) is 17.2 Å². The number of halogens is 2. The van der Waals surface area contributed by atoms with Crippen LogP contribution in [0.3, 0.4) is 0 Å². The van der Waals surface area contributed by atoms with Gasteiger partial charge in [0.05, 0.1) is 29.4 Å². The molecule has 0 saturated carbocycles. The van der Waals surface area contributed by atoms with Crippen molar-refractivity contribution in [2.24, 2.45) is 0 Å². The van der Waals surface area contributed by atoms with Gasteiger partial charge in [-0.1, -0.05) is 11.3 Å². The molecule has 0 fully saturated rings. The van der Waals surface area contributed by atoms with Gasteiger partial charge in [-0.05, 0) is 30.7 Å². The van der Waals surface area contributed by atoms with Crippen LogP contribution in [0.1, 0.15) is 32.9 Å². The second-order valence-electron chi connectivity index (χ2n) is 7.64. The van der Waals surface area contributed by atoms with Crippen molar-refractivity contribution < 1.29 is 18.3 Å². The van der Waals surface area contributed by atoms with Crippen LogP contribution in [0.15, 0.2) is 55.1 Å². The number of rotatable bonds is 7. The van der Waals surface area contributed by atoms with Crippen molar-refractivity contribution in [1.29, 1.82) is 0 Å². The summed E-state index contributed by atoms with van der Waals surface area (Å²) >= 11 is 1.56. The highest BCUT2D eigenvalue weighted by Gasteiger charge is 2.21. The summed E-state index contributed by atoms with van der Waals surface area (Å²) in [5, 5.41) is 10.3. The largest absolute Gasteiger partial charge is 0.481 e. The van der Waals surface area contributed by atoms with Gasteiger partial charge in [-0.3, -0.25) is 4.79 Å². The molecule has 0 aliphatic rings. The molecule has 0 saturated heterocycles. The van der Waals surface area contributed by atoms with Crippen molar-refractivity contribution in [3.05, 3.63) is 76.8 Å². The molecule has 35 heavy (non-hydrogen) atoms. The molecule has 5 aromatic rings. The van der Waals surface area contributed by atoms with E-state index in [2.05, 4.69) is 25.6 Å². The van der Waals surface area contributed by atoms with Gasteiger partial charge in [-0.25, -0.2) is 23.4 Å². The van der Waals surface area contributed by atoms with Gasteiger partial charge < -0.3 is 14.5 Å². The number of imidazole rings is 1. The molecule has 0 atom stereocenters. The number of hydrogen-bond donors (Lipinski definition) is 1. The van der Waals surface area contributed by atoms with E-state index in [-0.39, 0.29) is 17.8 Å². The van der Waals surface area contributed by atoms with Crippen LogP contribution in [0.4, 0.5) is 8.78 Å². The Kier molecular flexibility index (Phi) is 5.95. The van der Waals surface area contributed by atoms with E-state index in [4.69, 9.17) is 4.74 Å². The zero-order valence-corrected chi connectivity index (χ0v) is 19.5. The SMILES string of the molecule is COc1ccc(CNC(=O)c2cc(-n3nncc3C(F)F)c3nc(-c4ccc(C)s4)cn3c2)cn1. The lowest BCUT2D eigenvalue weighted by atomic mass is 10.2. The van der Waals surface area contributed by atoms with Crippen molar-refractivity contribution in [2.45, 2.75) is 19.9 Å². The average molecular weight is 496 g/mol. The molecule has 5 aromatic heterocycles. The number of methoxy groups -OCH3 is 1. The zero-order chi connectivity index (χ0) is 24.5. The number of amides is 1. The van der Waals surface area contributed by atoms with Gasteiger partial charge in [0.15, 0.2) is 5.65 Å². The smallest absolute Gasteiger partial charge is 0.282 e. The van der Waals surface area contributed by atoms with Crippen LogP contribution in [0, 0.1) is 6.92 Å². The number of hydrogen-bond acceptors (Lipinski definition) is 7. The number of alkyl halides is 2. The molecular formula is C23H19F2N7O2S. The number of fused-ring (bicyclic) bond motifs is 1. The van der Waals surface area contributed by atoms with Crippen LogP contribution in [-0.4, -0.2) is 42.4 Å². The van der Waals surface area contributed by atoms with Crippen LogP contribution >= 0.6 is 11.3 Å². The first kappa shape index (κ1) is 22.6. The summed E-state index contributed by atoms with van der Waals surface area (Å²) in [6.45, 7) is 2.21. The van der Waals surface area contributed by atoms with E-state index in [1.807, 2.05) is 19.1 Å². The number of thiophene rings is 1. The Morgan fingerprint density at radius 3 is 2.74 bits per heavy atom. The number of aromatic nitrogens is 6. The predicted octanol–water partition coefficient (Wildman–Crippen LogP) is 4.22. The predicted molar refractivity (Wildman–Crippen MR) is 125 cm³/mol. The minimum atomic E-state index is -2.81. The monoisotopic (exact) mass is 495 g/mol. The van der Waals surface area contributed by atoms with Crippen LogP contribution < -0.4 is 10.1 Å². The molecule has 1 N–H and O–H groups in total. The van der Waals surface area contributed by atoms with E-state index in [1.165, 1.54) is 13.2 Å². The number of nitrogens with zero attached hydrogens (tertiary/aromatic N) is 6.